The van der Waals surface area contributed by atoms with Crippen LogP contribution < -0.4 is 4.74 Å². The zero-order valence-electron chi connectivity index (χ0n) is 8.16. The van der Waals surface area contributed by atoms with Crippen LogP contribution in [-0.4, -0.2) is 11.7 Å². The summed E-state index contributed by atoms with van der Waals surface area (Å²) in [6.07, 6.45) is 0.393. The number of rotatable bonds is 4. The van der Waals surface area contributed by atoms with Crippen molar-refractivity contribution >= 4 is 0 Å². The van der Waals surface area contributed by atoms with Crippen molar-refractivity contribution in [2.75, 3.05) is 6.61 Å². The van der Waals surface area contributed by atoms with Gasteiger partial charge in [-0.05, 0) is 31.0 Å². The Hall–Kier alpha value is -1.02. The molecular formula is C11H16O2. The van der Waals surface area contributed by atoms with Crippen LogP contribution in [0, 0.1) is 0 Å². The summed E-state index contributed by atoms with van der Waals surface area (Å²) in [6.45, 7) is 4.59. The zero-order valence-corrected chi connectivity index (χ0v) is 8.16. The van der Waals surface area contributed by atoms with Crippen molar-refractivity contribution in [1.29, 1.82) is 0 Å². The summed E-state index contributed by atoms with van der Waals surface area (Å²) in [4.78, 5) is 0. The maximum atomic E-state index is 9.51. The highest BCUT2D eigenvalue weighted by atomic mass is 16.5. The lowest BCUT2D eigenvalue weighted by Crippen LogP contribution is -1.96. The Balaban J connectivity index is 2.69. The third kappa shape index (κ3) is 2.74. The quantitative estimate of drug-likeness (QED) is 0.771. The summed E-state index contributed by atoms with van der Waals surface area (Å²) in [7, 11) is 0. The molecule has 0 spiro atoms. The molecule has 0 fully saturated rings. The molecule has 1 atom stereocenters. The smallest absolute Gasteiger partial charge is 0.119 e. The molecule has 0 saturated heterocycles. The molecule has 0 unspecified atom stereocenters. The van der Waals surface area contributed by atoms with Gasteiger partial charge in [-0.25, -0.2) is 0 Å². The van der Waals surface area contributed by atoms with Gasteiger partial charge in [-0.1, -0.05) is 19.1 Å². The molecule has 13 heavy (non-hydrogen) atoms. The molecule has 0 heterocycles. The van der Waals surface area contributed by atoms with E-state index in [1.54, 1.807) is 0 Å². The molecule has 0 aliphatic carbocycles. The van der Waals surface area contributed by atoms with Gasteiger partial charge in [0.05, 0.1) is 12.7 Å². The van der Waals surface area contributed by atoms with Gasteiger partial charge in [0, 0.05) is 0 Å². The van der Waals surface area contributed by atoms with E-state index in [9.17, 15) is 5.11 Å². The number of ether oxygens (including phenoxy) is 1. The first kappa shape index (κ1) is 10.1. The summed E-state index contributed by atoms with van der Waals surface area (Å²) < 4.78 is 5.29. The standard InChI is InChI=1S/C11H16O2/c1-3-11(12)9-5-7-10(8-6-9)13-4-2/h5-8,11-12H,3-4H2,1-2H3/t11-/m1/s1. The topological polar surface area (TPSA) is 29.5 Å². The normalized spacial score (nSPS) is 12.5. The van der Waals surface area contributed by atoms with Crippen LogP contribution in [-0.2, 0) is 0 Å². The fourth-order valence-electron chi connectivity index (χ4n) is 1.19. The van der Waals surface area contributed by atoms with E-state index in [1.165, 1.54) is 0 Å². The number of hydrogen-bond acceptors (Lipinski definition) is 2. The Morgan fingerprint density at radius 2 is 1.85 bits per heavy atom. The minimum Gasteiger partial charge on any atom is -0.494 e. The van der Waals surface area contributed by atoms with E-state index in [0.29, 0.717) is 6.61 Å². The van der Waals surface area contributed by atoms with Crippen molar-refractivity contribution in [2.45, 2.75) is 26.4 Å². The van der Waals surface area contributed by atoms with Crippen molar-refractivity contribution in [1.82, 2.24) is 0 Å². The Morgan fingerprint density at radius 1 is 1.23 bits per heavy atom. The predicted octanol–water partition coefficient (Wildman–Crippen LogP) is 2.53. The van der Waals surface area contributed by atoms with Crippen LogP contribution in [0.25, 0.3) is 0 Å². The van der Waals surface area contributed by atoms with Gasteiger partial charge in [0.2, 0.25) is 0 Å². The van der Waals surface area contributed by atoms with Crippen molar-refractivity contribution in [3.05, 3.63) is 29.8 Å². The number of aliphatic hydroxyl groups excluding tert-OH is 1. The molecule has 0 aliphatic heterocycles. The van der Waals surface area contributed by atoms with E-state index >= 15 is 0 Å². The summed E-state index contributed by atoms with van der Waals surface area (Å²) in [5.74, 6) is 0.856. The highest BCUT2D eigenvalue weighted by Crippen LogP contribution is 2.19. The maximum absolute atomic E-state index is 9.51. The van der Waals surface area contributed by atoms with Crippen LogP contribution in [0.5, 0.6) is 5.75 Å². The SMILES string of the molecule is CCOc1ccc([C@H](O)CC)cc1. The number of benzene rings is 1. The van der Waals surface area contributed by atoms with E-state index in [1.807, 2.05) is 38.1 Å². The molecule has 1 aromatic rings. The predicted molar refractivity (Wildman–Crippen MR) is 52.9 cm³/mol. The Morgan fingerprint density at radius 3 is 2.31 bits per heavy atom. The second kappa shape index (κ2) is 4.87. The molecule has 0 bridgehead atoms. The molecule has 2 heteroatoms. The molecule has 0 amide bonds. The van der Waals surface area contributed by atoms with Gasteiger partial charge in [0.25, 0.3) is 0 Å². The summed E-state index contributed by atoms with van der Waals surface area (Å²) in [5.41, 5.74) is 0.950. The molecule has 0 aromatic heterocycles. The summed E-state index contributed by atoms with van der Waals surface area (Å²) >= 11 is 0. The largest absolute Gasteiger partial charge is 0.494 e. The van der Waals surface area contributed by atoms with E-state index in [0.717, 1.165) is 17.7 Å². The van der Waals surface area contributed by atoms with Gasteiger partial charge >= 0.3 is 0 Å². The Bertz CT molecular complexity index is 241. The molecule has 0 aliphatic rings. The van der Waals surface area contributed by atoms with Gasteiger partial charge in [-0.15, -0.1) is 0 Å². The van der Waals surface area contributed by atoms with Crippen molar-refractivity contribution in [3.63, 3.8) is 0 Å². The number of hydrogen-bond donors (Lipinski definition) is 1. The first-order valence-electron chi connectivity index (χ1n) is 4.68. The van der Waals surface area contributed by atoms with Crippen molar-refractivity contribution in [2.24, 2.45) is 0 Å². The maximum Gasteiger partial charge on any atom is 0.119 e. The van der Waals surface area contributed by atoms with Crippen LogP contribution in [0.2, 0.25) is 0 Å². The average molecular weight is 180 g/mol. The van der Waals surface area contributed by atoms with Gasteiger partial charge in [0.1, 0.15) is 5.75 Å². The van der Waals surface area contributed by atoms with Gasteiger partial charge < -0.3 is 9.84 Å². The fraction of sp³-hybridized carbons (Fsp3) is 0.455. The van der Waals surface area contributed by atoms with Crippen molar-refractivity contribution in [3.8, 4) is 5.75 Å². The van der Waals surface area contributed by atoms with E-state index in [4.69, 9.17) is 4.74 Å². The van der Waals surface area contributed by atoms with Crippen LogP contribution in [0.4, 0.5) is 0 Å². The molecule has 2 nitrogen and oxygen atoms in total. The first-order chi connectivity index (χ1) is 6.27. The van der Waals surface area contributed by atoms with Gasteiger partial charge in [-0.3, -0.25) is 0 Å². The minimum absolute atomic E-state index is 0.351. The highest BCUT2D eigenvalue weighted by Gasteiger charge is 2.03. The third-order valence-corrected chi connectivity index (χ3v) is 1.96. The second-order valence-corrected chi connectivity index (χ2v) is 2.93. The molecule has 1 N–H and O–H groups in total. The lowest BCUT2D eigenvalue weighted by atomic mass is 10.1. The first-order valence-corrected chi connectivity index (χ1v) is 4.68. The minimum atomic E-state index is -0.351. The van der Waals surface area contributed by atoms with E-state index in [-0.39, 0.29) is 6.10 Å². The summed E-state index contributed by atoms with van der Waals surface area (Å²) in [5, 5.41) is 9.51. The third-order valence-electron chi connectivity index (χ3n) is 1.96. The molecule has 72 valence electrons. The Labute approximate surface area is 79.2 Å². The lowest BCUT2D eigenvalue weighted by molar-refractivity contribution is 0.173. The summed E-state index contributed by atoms with van der Waals surface area (Å²) in [6, 6.07) is 7.58. The molecule has 0 saturated carbocycles. The van der Waals surface area contributed by atoms with Crippen LogP contribution in [0.3, 0.4) is 0 Å². The Kier molecular flexibility index (Phi) is 3.77. The fourth-order valence-corrected chi connectivity index (χ4v) is 1.19. The molecule has 1 rings (SSSR count). The highest BCUT2D eigenvalue weighted by molar-refractivity contribution is 5.28. The van der Waals surface area contributed by atoms with Gasteiger partial charge in [-0.2, -0.15) is 0 Å². The number of aliphatic hydroxyl groups is 1. The molecule has 1 aromatic carbocycles. The average Bonchev–Trinajstić information content (AvgIpc) is 2.18. The zero-order chi connectivity index (χ0) is 9.68. The van der Waals surface area contributed by atoms with E-state index < -0.39 is 0 Å². The monoisotopic (exact) mass is 180 g/mol. The van der Waals surface area contributed by atoms with Crippen LogP contribution >= 0.6 is 0 Å². The van der Waals surface area contributed by atoms with Crippen molar-refractivity contribution < 1.29 is 9.84 Å². The van der Waals surface area contributed by atoms with Crippen LogP contribution in [0.15, 0.2) is 24.3 Å². The molecule has 0 radical (unpaired) electrons. The second-order valence-electron chi connectivity index (χ2n) is 2.93. The van der Waals surface area contributed by atoms with E-state index in [2.05, 4.69) is 0 Å². The lowest BCUT2D eigenvalue weighted by Gasteiger charge is -2.08. The van der Waals surface area contributed by atoms with Crippen LogP contribution in [0.1, 0.15) is 31.9 Å². The van der Waals surface area contributed by atoms with Gasteiger partial charge in [0.15, 0.2) is 0 Å². The molecular weight excluding hydrogens is 164 g/mol.